The Bertz CT molecular complexity index is 440. The number of aryl methyl sites for hydroxylation is 1. The Morgan fingerprint density at radius 1 is 1.11 bits per heavy atom. The average Bonchev–Trinajstić information content (AvgIpc) is 2.98. The van der Waals surface area contributed by atoms with Crippen LogP contribution in [0.3, 0.4) is 0 Å². The Morgan fingerprint density at radius 3 is 2.63 bits per heavy atom. The van der Waals surface area contributed by atoms with Gasteiger partial charge in [-0.3, -0.25) is 0 Å². The quantitative estimate of drug-likeness (QED) is 0.711. The van der Waals surface area contributed by atoms with Gasteiger partial charge in [-0.15, -0.1) is 5.10 Å². The van der Waals surface area contributed by atoms with Crippen molar-refractivity contribution in [1.29, 1.82) is 0 Å². The third-order valence-corrected chi connectivity index (χ3v) is 3.39. The standard InChI is InChI=1S/C14H21N5/c15-11-13(14-16-18-19-17-14)10-6-2-5-9-12-7-3-1-4-8-12/h1,3-4,7-8,13H,2,5-6,9-11,15H2,(H,16,17,18,19). The molecule has 0 amide bonds. The summed E-state index contributed by atoms with van der Waals surface area (Å²) in [4.78, 5) is 0. The van der Waals surface area contributed by atoms with Gasteiger partial charge in [-0.05, 0) is 35.3 Å². The number of aromatic amines is 1. The first-order valence-electron chi connectivity index (χ1n) is 6.87. The van der Waals surface area contributed by atoms with E-state index in [4.69, 9.17) is 5.73 Å². The monoisotopic (exact) mass is 259 g/mol. The SMILES string of the molecule is NCC(CCCCCc1ccccc1)c1nnn[nH]1. The van der Waals surface area contributed by atoms with Crippen molar-refractivity contribution in [1.82, 2.24) is 20.6 Å². The molecule has 0 saturated heterocycles. The molecule has 1 atom stereocenters. The molecule has 1 aromatic carbocycles. The normalized spacial score (nSPS) is 12.5. The molecule has 0 aliphatic carbocycles. The molecule has 0 radical (unpaired) electrons. The van der Waals surface area contributed by atoms with E-state index >= 15 is 0 Å². The van der Waals surface area contributed by atoms with Crippen LogP contribution in [0.2, 0.25) is 0 Å². The number of nitrogens with zero attached hydrogens (tertiary/aromatic N) is 3. The van der Waals surface area contributed by atoms with Gasteiger partial charge in [0.2, 0.25) is 0 Å². The number of rotatable bonds is 8. The van der Waals surface area contributed by atoms with Crippen LogP contribution < -0.4 is 5.73 Å². The summed E-state index contributed by atoms with van der Waals surface area (Å²) in [7, 11) is 0. The molecule has 2 aromatic rings. The minimum absolute atomic E-state index is 0.256. The first kappa shape index (κ1) is 13.7. The van der Waals surface area contributed by atoms with Crippen molar-refractivity contribution < 1.29 is 0 Å². The summed E-state index contributed by atoms with van der Waals surface area (Å²) in [6.07, 6.45) is 5.79. The van der Waals surface area contributed by atoms with E-state index in [-0.39, 0.29) is 5.92 Å². The number of H-pyrrole nitrogens is 1. The molecule has 1 heterocycles. The summed E-state index contributed by atoms with van der Waals surface area (Å²) in [6, 6.07) is 10.6. The predicted molar refractivity (Wildman–Crippen MR) is 74.6 cm³/mol. The maximum atomic E-state index is 5.75. The van der Waals surface area contributed by atoms with Gasteiger partial charge in [-0.2, -0.15) is 0 Å². The van der Waals surface area contributed by atoms with Gasteiger partial charge in [0.05, 0.1) is 0 Å². The highest BCUT2D eigenvalue weighted by Gasteiger charge is 2.12. The lowest BCUT2D eigenvalue weighted by Gasteiger charge is -2.10. The molecule has 2 rings (SSSR count). The Balaban J connectivity index is 1.64. The number of unbranched alkanes of at least 4 members (excludes halogenated alkanes) is 2. The molecule has 1 unspecified atom stereocenters. The maximum absolute atomic E-state index is 5.75. The van der Waals surface area contributed by atoms with Crippen LogP contribution in [0.15, 0.2) is 30.3 Å². The van der Waals surface area contributed by atoms with Gasteiger partial charge in [0.25, 0.3) is 0 Å². The van der Waals surface area contributed by atoms with E-state index in [1.54, 1.807) is 0 Å². The molecule has 5 heteroatoms. The van der Waals surface area contributed by atoms with E-state index in [1.807, 2.05) is 0 Å². The van der Waals surface area contributed by atoms with Gasteiger partial charge >= 0.3 is 0 Å². The summed E-state index contributed by atoms with van der Waals surface area (Å²) < 4.78 is 0. The molecule has 19 heavy (non-hydrogen) atoms. The molecule has 0 bridgehead atoms. The average molecular weight is 259 g/mol. The highest BCUT2D eigenvalue weighted by molar-refractivity contribution is 5.14. The van der Waals surface area contributed by atoms with Crippen molar-refractivity contribution in [2.75, 3.05) is 6.54 Å². The molecule has 0 aliphatic rings. The zero-order valence-corrected chi connectivity index (χ0v) is 11.1. The molecule has 0 saturated carbocycles. The smallest absolute Gasteiger partial charge is 0.152 e. The topological polar surface area (TPSA) is 80.5 Å². The Kier molecular flexibility index (Phi) is 5.49. The number of aromatic nitrogens is 4. The highest BCUT2D eigenvalue weighted by Crippen LogP contribution is 2.17. The van der Waals surface area contributed by atoms with Crippen molar-refractivity contribution in [2.24, 2.45) is 5.73 Å². The number of hydrogen-bond donors (Lipinski definition) is 2. The summed E-state index contributed by atoms with van der Waals surface area (Å²) in [5.74, 6) is 1.07. The number of nitrogens with one attached hydrogen (secondary N) is 1. The van der Waals surface area contributed by atoms with Crippen molar-refractivity contribution >= 4 is 0 Å². The Morgan fingerprint density at radius 2 is 1.95 bits per heavy atom. The Labute approximate surface area is 113 Å². The van der Waals surface area contributed by atoms with Gasteiger partial charge in [0, 0.05) is 12.5 Å². The van der Waals surface area contributed by atoms with E-state index in [9.17, 15) is 0 Å². The molecule has 5 nitrogen and oxygen atoms in total. The van der Waals surface area contributed by atoms with Crippen molar-refractivity contribution in [3.8, 4) is 0 Å². The summed E-state index contributed by atoms with van der Waals surface area (Å²) in [6.45, 7) is 0.593. The summed E-state index contributed by atoms with van der Waals surface area (Å²) >= 11 is 0. The van der Waals surface area contributed by atoms with E-state index in [2.05, 4.69) is 51.0 Å². The molecule has 3 N–H and O–H groups in total. The molecule has 1 aromatic heterocycles. The molecule has 0 fully saturated rings. The van der Waals surface area contributed by atoms with Crippen LogP contribution in [-0.2, 0) is 6.42 Å². The van der Waals surface area contributed by atoms with Crippen LogP contribution in [0.25, 0.3) is 0 Å². The van der Waals surface area contributed by atoms with Crippen molar-refractivity contribution in [3.05, 3.63) is 41.7 Å². The zero-order valence-electron chi connectivity index (χ0n) is 11.1. The second kappa shape index (κ2) is 7.63. The highest BCUT2D eigenvalue weighted by atomic mass is 15.5. The lowest BCUT2D eigenvalue weighted by Crippen LogP contribution is -2.14. The van der Waals surface area contributed by atoms with Crippen LogP contribution in [0.5, 0.6) is 0 Å². The lowest BCUT2D eigenvalue weighted by molar-refractivity contribution is 0.542. The molecule has 0 spiro atoms. The van der Waals surface area contributed by atoms with Gasteiger partial charge in [-0.25, -0.2) is 5.10 Å². The van der Waals surface area contributed by atoms with E-state index < -0.39 is 0 Å². The van der Waals surface area contributed by atoms with Crippen LogP contribution in [0, 0.1) is 0 Å². The number of benzene rings is 1. The van der Waals surface area contributed by atoms with Gasteiger partial charge in [-0.1, -0.05) is 43.2 Å². The minimum Gasteiger partial charge on any atom is -0.330 e. The summed E-state index contributed by atoms with van der Waals surface area (Å²) in [5.41, 5.74) is 7.17. The molecule has 0 aliphatic heterocycles. The molecular formula is C14H21N5. The first-order valence-corrected chi connectivity index (χ1v) is 6.87. The van der Waals surface area contributed by atoms with Gasteiger partial charge in [0.1, 0.15) is 0 Å². The fourth-order valence-corrected chi connectivity index (χ4v) is 2.25. The number of hydrogen-bond acceptors (Lipinski definition) is 4. The molecular weight excluding hydrogens is 238 g/mol. The van der Waals surface area contributed by atoms with Crippen LogP contribution >= 0.6 is 0 Å². The van der Waals surface area contributed by atoms with E-state index in [0.29, 0.717) is 6.54 Å². The third kappa shape index (κ3) is 4.44. The van der Waals surface area contributed by atoms with Crippen molar-refractivity contribution in [2.45, 2.75) is 38.0 Å². The number of tetrazole rings is 1. The third-order valence-electron chi connectivity index (χ3n) is 3.39. The largest absolute Gasteiger partial charge is 0.330 e. The number of nitrogens with two attached hydrogens (primary N) is 1. The second-order valence-corrected chi connectivity index (χ2v) is 4.80. The van der Waals surface area contributed by atoms with Crippen LogP contribution in [-0.4, -0.2) is 27.2 Å². The maximum Gasteiger partial charge on any atom is 0.152 e. The van der Waals surface area contributed by atoms with Crippen molar-refractivity contribution in [3.63, 3.8) is 0 Å². The van der Waals surface area contributed by atoms with Gasteiger partial charge < -0.3 is 5.73 Å². The lowest BCUT2D eigenvalue weighted by atomic mass is 9.99. The first-order chi connectivity index (χ1) is 9.40. The van der Waals surface area contributed by atoms with E-state index in [1.165, 1.54) is 18.4 Å². The molecule has 102 valence electrons. The zero-order chi connectivity index (χ0) is 13.3. The predicted octanol–water partition coefficient (Wildman–Crippen LogP) is 2.05. The van der Waals surface area contributed by atoms with E-state index in [0.717, 1.165) is 25.1 Å². The van der Waals surface area contributed by atoms with Crippen LogP contribution in [0.4, 0.5) is 0 Å². The van der Waals surface area contributed by atoms with Crippen LogP contribution in [0.1, 0.15) is 43.0 Å². The Hall–Kier alpha value is -1.75. The fraction of sp³-hybridized carbons (Fsp3) is 0.500. The van der Waals surface area contributed by atoms with Gasteiger partial charge in [0.15, 0.2) is 5.82 Å². The second-order valence-electron chi connectivity index (χ2n) is 4.80. The minimum atomic E-state index is 0.256. The summed E-state index contributed by atoms with van der Waals surface area (Å²) in [5, 5.41) is 13.9. The fourth-order valence-electron chi connectivity index (χ4n) is 2.25.